The molecule has 0 aromatic heterocycles. The Balaban J connectivity index is 1.49. The molecule has 1 heterocycles. The number of aliphatic imine (C=N–C) groups is 1. The Bertz CT molecular complexity index is 799. The van der Waals surface area contributed by atoms with Crippen molar-refractivity contribution in [3.63, 3.8) is 0 Å². The predicted octanol–water partition coefficient (Wildman–Crippen LogP) is 3.31. The van der Waals surface area contributed by atoms with E-state index in [1.165, 1.54) is 0 Å². The molecule has 2 N–H and O–H groups in total. The normalized spacial score (nSPS) is 14.8. The summed E-state index contributed by atoms with van der Waals surface area (Å²) in [6, 6.07) is 16.3. The third kappa shape index (κ3) is 6.98. The highest BCUT2D eigenvalue weighted by molar-refractivity contribution is 5.80. The van der Waals surface area contributed by atoms with E-state index in [1.54, 1.807) is 14.2 Å². The molecule has 3 rings (SSSR count). The molecule has 1 saturated heterocycles. The number of anilines is 1. The summed E-state index contributed by atoms with van der Waals surface area (Å²) < 4.78 is 16.6. The number of guanidine groups is 1. The van der Waals surface area contributed by atoms with Crippen molar-refractivity contribution in [3.05, 3.63) is 48.5 Å². The topological polar surface area (TPSA) is 67.4 Å². The van der Waals surface area contributed by atoms with E-state index in [1.807, 2.05) is 36.4 Å². The number of ether oxygens (including phenoxy) is 3. The molecule has 0 radical (unpaired) electrons. The number of nitrogens with zero attached hydrogens (tertiary/aromatic N) is 2. The molecule has 0 saturated carbocycles. The lowest BCUT2D eigenvalue weighted by molar-refractivity contribution is 0.328. The molecule has 0 amide bonds. The van der Waals surface area contributed by atoms with Gasteiger partial charge in [-0.3, -0.25) is 0 Å². The van der Waals surface area contributed by atoms with Crippen LogP contribution in [-0.4, -0.2) is 59.0 Å². The summed E-state index contributed by atoms with van der Waals surface area (Å²) >= 11 is 0. The Morgan fingerprint density at radius 3 is 2.29 bits per heavy atom. The molecular formula is C24H34N4O3. The Hall–Kier alpha value is -3.09. The van der Waals surface area contributed by atoms with Crippen LogP contribution in [0.5, 0.6) is 17.2 Å². The molecule has 0 spiro atoms. The van der Waals surface area contributed by atoms with Crippen LogP contribution in [0, 0.1) is 0 Å². The molecule has 7 heteroatoms. The van der Waals surface area contributed by atoms with Crippen molar-refractivity contribution < 1.29 is 14.2 Å². The molecule has 1 aliphatic rings. The van der Waals surface area contributed by atoms with Crippen LogP contribution in [0.15, 0.2) is 53.5 Å². The van der Waals surface area contributed by atoms with Gasteiger partial charge in [-0.15, -0.1) is 0 Å². The first-order valence-corrected chi connectivity index (χ1v) is 10.9. The predicted molar refractivity (Wildman–Crippen MR) is 126 cm³/mol. The first-order valence-electron chi connectivity index (χ1n) is 10.9. The lowest BCUT2D eigenvalue weighted by Crippen LogP contribution is -2.48. The third-order valence-electron chi connectivity index (χ3n) is 5.25. The van der Waals surface area contributed by atoms with Crippen LogP contribution < -0.4 is 29.7 Å². The molecule has 0 atom stereocenters. The maximum Gasteiger partial charge on any atom is 0.191 e. The van der Waals surface area contributed by atoms with Crippen molar-refractivity contribution in [2.45, 2.75) is 25.8 Å². The highest BCUT2D eigenvalue weighted by atomic mass is 16.5. The van der Waals surface area contributed by atoms with Crippen LogP contribution in [0.2, 0.25) is 0 Å². The number of hydrogen-bond acceptors (Lipinski definition) is 5. The zero-order valence-electron chi connectivity index (χ0n) is 18.8. The second-order valence-corrected chi connectivity index (χ2v) is 7.40. The number of para-hydroxylation sites is 1. The summed E-state index contributed by atoms with van der Waals surface area (Å²) in [4.78, 5) is 7.04. The van der Waals surface area contributed by atoms with Crippen LogP contribution in [0.4, 0.5) is 5.69 Å². The first-order chi connectivity index (χ1) is 15.2. The summed E-state index contributed by atoms with van der Waals surface area (Å²) in [6.45, 7) is 5.99. The molecule has 31 heavy (non-hydrogen) atoms. The minimum atomic E-state index is 0.386. The lowest BCUT2D eigenvalue weighted by Gasteiger charge is -2.34. The molecule has 0 bridgehead atoms. The van der Waals surface area contributed by atoms with Crippen LogP contribution in [-0.2, 0) is 0 Å². The molecule has 2 aromatic rings. The van der Waals surface area contributed by atoms with E-state index in [0.29, 0.717) is 19.2 Å². The third-order valence-corrected chi connectivity index (χ3v) is 5.25. The van der Waals surface area contributed by atoms with Gasteiger partial charge in [0.25, 0.3) is 0 Å². The average molecular weight is 427 g/mol. The van der Waals surface area contributed by atoms with E-state index in [0.717, 1.165) is 61.4 Å². The van der Waals surface area contributed by atoms with Crippen molar-refractivity contribution in [2.75, 3.05) is 51.9 Å². The fourth-order valence-corrected chi connectivity index (χ4v) is 3.61. The smallest absolute Gasteiger partial charge is 0.191 e. The van der Waals surface area contributed by atoms with Gasteiger partial charge in [-0.1, -0.05) is 18.2 Å². The Morgan fingerprint density at radius 2 is 1.68 bits per heavy atom. The molecule has 0 aliphatic carbocycles. The SMILES string of the molecule is CCNC(=NCCOc1ccccc1)NC1CCN(c2cc(OC)cc(OC)c2)CC1. The number of rotatable bonds is 9. The van der Waals surface area contributed by atoms with Crippen molar-refractivity contribution >= 4 is 11.6 Å². The van der Waals surface area contributed by atoms with Gasteiger partial charge < -0.3 is 29.7 Å². The van der Waals surface area contributed by atoms with Gasteiger partial charge in [0.15, 0.2) is 5.96 Å². The zero-order chi connectivity index (χ0) is 21.9. The molecule has 2 aromatic carbocycles. The van der Waals surface area contributed by atoms with E-state index in [2.05, 4.69) is 39.6 Å². The van der Waals surface area contributed by atoms with E-state index in [-0.39, 0.29) is 0 Å². The second kappa shape index (κ2) is 11.9. The standard InChI is InChI=1S/C24H34N4O3/c1-4-25-24(26-12-15-31-21-8-6-5-7-9-21)27-19-10-13-28(14-11-19)20-16-22(29-2)18-23(17-20)30-3/h5-9,16-19H,4,10-15H2,1-3H3,(H2,25,26,27). The minimum absolute atomic E-state index is 0.386. The van der Waals surface area contributed by atoms with E-state index in [9.17, 15) is 0 Å². The molecule has 168 valence electrons. The van der Waals surface area contributed by atoms with Gasteiger partial charge >= 0.3 is 0 Å². The average Bonchev–Trinajstić information content (AvgIpc) is 2.82. The maximum atomic E-state index is 5.74. The Labute approximate surface area is 185 Å². The number of benzene rings is 2. The molecule has 7 nitrogen and oxygen atoms in total. The van der Waals surface area contributed by atoms with Crippen molar-refractivity contribution in [3.8, 4) is 17.2 Å². The summed E-state index contributed by atoms with van der Waals surface area (Å²) in [5, 5.41) is 6.92. The number of nitrogens with one attached hydrogen (secondary N) is 2. The number of piperidine rings is 1. The van der Waals surface area contributed by atoms with Crippen molar-refractivity contribution in [2.24, 2.45) is 4.99 Å². The quantitative estimate of drug-likeness (QED) is 0.364. The van der Waals surface area contributed by atoms with Crippen molar-refractivity contribution in [1.82, 2.24) is 10.6 Å². The Kier molecular flexibility index (Phi) is 8.70. The number of hydrogen-bond donors (Lipinski definition) is 2. The highest BCUT2D eigenvalue weighted by Crippen LogP contribution is 2.30. The number of methoxy groups -OCH3 is 2. The van der Waals surface area contributed by atoms with Crippen LogP contribution >= 0.6 is 0 Å². The second-order valence-electron chi connectivity index (χ2n) is 7.40. The van der Waals surface area contributed by atoms with E-state index in [4.69, 9.17) is 14.2 Å². The largest absolute Gasteiger partial charge is 0.497 e. The fraction of sp³-hybridized carbons (Fsp3) is 0.458. The van der Waals surface area contributed by atoms with Gasteiger partial charge in [-0.2, -0.15) is 0 Å². The monoisotopic (exact) mass is 426 g/mol. The van der Waals surface area contributed by atoms with Crippen molar-refractivity contribution in [1.29, 1.82) is 0 Å². The van der Waals surface area contributed by atoms with Gasteiger partial charge in [0.1, 0.15) is 23.9 Å². The Morgan fingerprint density at radius 1 is 1.00 bits per heavy atom. The van der Waals surface area contributed by atoms with E-state index < -0.39 is 0 Å². The first kappa shape index (κ1) is 22.6. The maximum absolute atomic E-state index is 5.74. The van der Waals surface area contributed by atoms with Gasteiger partial charge in [0, 0.05) is 49.6 Å². The fourth-order valence-electron chi connectivity index (χ4n) is 3.61. The van der Waals surface area contributed by atoms with Gasteiger partial charge in [0.2, 0.25) is 0 Å². The summed E-state index contributed by atoms with van der Waals surface area (Å²) in [7, 11) is 3.36. The zero-order valence-corrected chi connectivity index (χ0v) is 18.8. The summed E-state index contributed by atoms with van der Waals surface area (Å²) in [6.07, 6.45) is 2.06. The minimum Gasteiger partial charge on any atom is -0.497 e. The van der Waals surface area contributed by atoms with Gasteiger partial charge in [0.05, 0.1) is 20.8 Å². The summed E-state index contributed by atoms with van der Waals surface area (Å²) in [5.74, 6) is 3.35. The molecule has 1 aliphatic heterocycles. The summed E-state index contributed by atoms with van der Waals surface area (Å²) in [5.41, 5.74) is 1.13. The molecule has 1 fully saturated rings. The van der Waals surface area contributed by atoms with E-state index >= 15 is 0 Å². The van der Waals surface area contributed by atoms with Crippen LogP contribution in [0.1, 0.15) is 19.8 Å². The molecule has 0 unspecified atom stereocenters. The van der Waals surface area contributed by atoms with Crippen LogP contribution in [0.3, 0.4) is 0 Å². The van der Waals surface area contributed by atoms with Gasteiger partial charge in [-0.05, 0) is 31.9 Å². The van der Waals surface area contributed by atoms with Crippen LogP contribution in [0.25, 0.3) is 0 Å². The lowest BCUT2D eigenvalue weighted by atomic mass is 10.0. The molecular weight excluding hydrogens is 392 g/mol. The highest BCUT2D eigenvalue weighted by Gasteiger charge is 2.21. The van der Waals surface area contributed by atoms with Gasteiger partial charge in [-0.25, -0.2) is 4.99 Å².